The second kappa shape index (κ2) is 4.85. The lowest BCUT2D eigenvalue weighted by Crippen LogP contribution is -1.86. The molecule has 20 heavy (non-hydrogen) atoms. The summed E-state index contributed by atoms with van der Waals surface area (Å²) < 4.78 is 0. The molecule has 0 spiro atoms. The van der Waals surface area contributed by atoms with Gasteiger partial charge in [-0.15, -0.1) is 0 Å². The van der Waals surface area contributed by atoms with Gasteiger partial charge in [-0.05, 0) is 35.9 Å². The van der Waals surface area contributed by atoms with E-state index in [2.05, 4.69) is 4.98 Å². The Morgan fingerprint density at radius 1 is 0.950 bits per heavy atom. The molecule has 0 fully saturated rings. The zero-order chi connectivity index (χ0) is 14.3. The number of aromatic hydroxyl groups is 2. The van der Waals surface area contributed by atoms with Gasteiger partial charge in [0.25, 0.3) is 0 Å². The molecule has 0 saturated heterocycles. The standard InChI is InChI=1S/C15H9Cl2NO2/c16-12-5-8(1-4-14(12)20)11-7-18-13-3-2-9(19)6-10(13)15(11)17/h1-7,19-20H. The summed E-state index contributed by atoms with van der Waals surface area (Å²) in [6, 6.07) is 9.65. The summed E-state index contributed by atoms with van der Waals surface area (Å²) in [5.41, 5.74) is 2.13. The van der Waals surface area contributed by atoms with E-state index in [0.717, 1.165) is 5.56 Å². The highest BCUT2D eigenvalue weighted by atomic mass is 35.5. The van der Waals surface area contributed by atoms with Gasteiger partial charge in [-0.1, -0.05) is 29.3 Å². The van der Waals surface area contributed by atoms with Gasteiger partial charge in [-0.25, -0.2) is 0 Å². The molecule has 100 valence electrons. The molecule has 1 aromatic heterocycles. The first-order chi connectivity index (χ1) is 9.56. The van der Waals surface area contributed by atoms with Crippen LogP contribution in [0.5, 0.6) is 11.5 Å². The van der Waals surface area contributed by atoms with E-state index in [1.807, 2.05) is 0 Å². The molecular weight excluding hydrogens is 297 g/mol. The van der Waals surface area contributed by atoms with Crippen LogP contribution in [-0.4, -0.2) is 15.2 Å². The molecule has 0 saturated carbocycles. The number of nitrogens with zero attached hydrogens (tertiary/aromatic N) is 1. The summed E-state index contributed by atoms with van der Waals surface area (Å²) in [7, 11) is 0. The molecule has 0 aliphatic carbocycles. The summed E-state index contributed by atoms with van der Waals surface area (Å²) in [6.45, 7) is 0. The second-order valence-corrected chi connectivity index (χ2v) is 5.14. The van der Waals surface area contributed by atoms with Gasteiger partial charge in [0.05, 0.1) is 15.6 Å². The Bertz CT molecular complexity index is 818. The van der Waals surface area contributed by atoms with Crippen LogP contribution in [0, 0.1) is 0 Å². The van der Waals surface area contributed by atoms with Crippen LogP contribution >= 0.6 is 23.2 Å². The van der Waals surface area contributed by atoms with Gasteiger partial charge in [-0.3, -0.25) is 4.98 Å². The third-order valence-electron chi connectivity index (χ3n) is 3.04. The van der Waals surface area contributed by atoms with E-state index in [9.17, 15) is 10.2 Å². The number of phenols is 2. The van der Waals surface area contributed by atoms with E-state index in [1.165, 1.54) is 6.07 Å². The predicted molar refractivity (Wildman–Crippen MR) is 80.5 cm³/mol. The monoisotopic (exact) mass is 305 g/mol. The molecule has 0 amide bonds. The minimum Gasteiger partial charge on any atom is -0.508 e. The van der Waals surface area contributed by atoms with E-state index in [-0.39, 0.29) is 16.5 Å². The third-order valence-corrected chi connectivity index (χ3v) is 3.75. The maximum Gasteiger partial charge on any atom is 0.134 e. The Morgan fingerprint density at radius 2 is 1.75 bits per heavy atom. The Hall–Kier alpha value is -1.97. The number of halogens is 2. The third kappa shape index (κ3) is 2.15. The van der Waals surface area contributed by atoms with Crippen LogP contribution in [0.4, 0.5) is 0 Å². The van der Waals surface area contributed by atoms with Crippen molar-refractivity contribution in [3.8, 4) is 22.6 Å². The number of aromatic nitrogens is 1. The average Bonchev–Trinajstić information content (AvgIpc) is 2.43. The van der Waals surface area contributed by atoms with Crippen molar-refractivity contribution in [1.82, 2.24) is 4.98 Å². The van der Waals surface area contributed by atoms with Crippen molar-refractivity contribution >= 4 is 34.1 Å². The van der Waals surface area contributed by atoms with E-state index in [4.69, 9.17) is 23.2 Å². The van der Waals surface area contributed by atoms with Crippen molar-refractivity contribution in [3.05, 3.63) is 52.6 Å². The number of benzene rings is 2. The van der Waals surface area contributed by atoms with Crippen LogP contribution in [0.2, 0.25) is 10.0 Å². The van der Waals surface area contributed by atoms with Crippen LogP contribution in [0.15, 0.2) is 42.6 Å². The minimum atomic E-state index is 0.0120. The Morgan fingerprint density at radius 3 is 2.50 bits per heavy atom. The molecule has 0 atom stereocenters. The van der Waals surface area contributed by atoms with E-state index >= 15 is 0 Å². The van der Waals surface area contributed by atoms with Gasteiger partial charge in [0.15, 0.2) is 0 Å². The normalized spacial score (nSPS) is 10.9. The summed E-state index contributed by atoms with van der Waals surface area (Å²) >= 11 is 12.3. The fraction of sp³-hybridized carbons (Fsp3) is 0. The molecule has 5 heteroatoms. The van der Waals surface area contributed by atoms with Gasteiger partial charge in [-0.2, -0.15) is 0 Å². The van der Waals surface area contributed by atoms with Crippen molar-refractivity contribution in [2.24, 2.45) is 0 Å². The summed E-state index contributed by atoms with van der Waals surface area (Å²) in [5.74, 6) is 0.139. The highest BCUT2D eigenvalue weighted by Gasteiger charge is 2.11. The molecule has 0 radical (unpaired) electrons. The van der Waals surface area contributed by atoms with E-state index in [1.54, 1.807) is 36.5 Å². The Balaban J connectivity index is 2.26. The molecule has 1 heterocycles. The summed E-state index contributed by atoms with van der Waals surface area (Å²) in [5, 5.41) is 20.4. The van der Waals surface area contributed by atoms with Gasteiger partial charge >= 0.3 is 0 Å². The number of fused-ring (bicyclic) bond motifs is 1. The van der Waals surface area contributed by atoms with E-state index in [0.29, 0.717) is 21.5 Å². The first-order valence-electron chi connectivity index (χ1n) is 5.82. The van der Waals surface area contributed by atoms with Crippen molar-refractivity contribution < 1.29 is 10.2 Å². The summed E-state index contributed by atoms with van der Waals surface area (Å²) in [6.07, 6.45) is 1.64. The highest BCUT2D eigenvalue weighted by molar-refractivity contribution is 6.38. The zero-order valence-corrected chi connectivity index (χ0v) is 11.7. The summed E-state index contributed by atoms with van der Waals surface area (Å²) in [4.78, 5) is 4.31. The molecule has 3 nitrogen and oxygen atoms in total. The van der Waals surface area contributed by atoms with E-state index < -0.39 is 0 Å². The van der Waals surface area contributed by atoms with Crippen LogP contribution in [0.25, 0.3) is 22.0 Å². The van der Waals surface area contributed by atoms with Crippen LogP contribution in [0.1, 0.15) is 0 Å². The maximum atomic E-state index is 9.56. The topological polar surface area (TPSA) is 53.4 Å². The maximum absolute atomic E-state index is 9.56. The van der Waals surface area contributed by atoms with Crippen LogP contribution in [0.3, 0.4) is 0 Å². The zero-order valence-electron chi connectivity index (χ0n) is 10.1. The molecule has 3 rings (SSSR count). The molecular formula is C15H9Cl2NO2. The molecule has 2 aromatic carbocycles. The van der Waals surface area contributed by atoms with Gasteiger partial charge in [0.1, 0.15) is 11.5 Å². The Labute approximate surface area is 125 Å². The fourth-order valence-corrected chi connectivity index (χ4v) is 2.51. The van der Waals surface area contributed by atoms with Gasteiger partial charge < -0.3 is 10.2 Å². The number of hydrogen-bond acceptors (Lipinski definition) is 3. The average molecular weight is 306 g/mol. The number of pyridine rings is 1. The molecule has 0 aliphatic rings. The van der Waals surface area contributed by atoms with Crippen molar-refractivity contribution in [3.63, 3.8) is 0 Å². The van der Waals surface area contributed by atoms with Crippen molar-refractivity contribution in [2.75, 3.05) is 0 Å². The molecule has 0 aliphatic heterocycles. The molecule has 3 aromatic rings. The lowest BCUT2D eigenvalue weighted by Gasteiger charge is -2.08. The Kier molecular flexibility index (Phi) is 3.16. The number of rotatable bonds is 1. The van der Waals surface area contributed by atoms with Crippen LogP contribution in [-0.2, 0) is 0 Å². The fourth-order valence-electron chi connectivity index (χ4n) is 2.02. The first-order valence-corrected chi connectivity index (χ1v) is 6.58. The second-order valence-electron chi connectivity index (χ2n) is 4.35. The minimum absolute atomic E-state index is 0.0120. The molecule has 0 unspecified atom stereocenters. The SMILES string of the molecule is Oc1ccc2ncc(-c3ccc(O)c(Cl)c3)c(Cl)c2c1. The van der Waals surface area contributed by atoms with Crippen LogP contribution < -0.4 is 0 Å². The smallest absolute Gasteiger partial charge is 0.134 e. The number of hydrogen-bond donors (Lipinski definition) is 2. The lowest BCUT2D eigenvalue weighted by molar-refractivity contribution is 0.475. The molecule has 0 bridgehead atoms. The largest absolute Gasteiger partial charge is 0.508 e. The quantitative estimate of drug-likeness (QED) is 0.689. The van der Waals surface area contributed by atoms with Crippen molar-refractivity contribution in [2.45, 2.75) is 0 Å². The van der Waals surface area contributed by atoms with Crippen molar-refractivity contribution in [1.29, 1.82) is 0 Å². The van der Waals surface area contributed by atoms with Gasteiger partial charge in [0, 0.05) is 17.1 Å². The number of phenolic OH excluding ortho intramolecular Hbond substituents is 2. The first kappa shape index (κ1) is 13.0. The molecule has 2 N–H and O–H groups in total. The predicted octanol–water partition coefficient (Wildman–Crippen LogP) is 4.62. The van der Waals surface area contributed by atoms with Gasteiger partial charge in [0.2, 0.25) is 0 Å². The highest BCUT2D eigenvalue weighted by Crippen LogP contribution is 2.36. The lowest BCUT2D eigenvalue weighted by atomic mass is 10.0.